The molecule has 1 saturated carbocycles. The Morgan fingerprint density at radius 2 is 1.78 bits per heavy atom. The van der Waals surface area contributed by atoms with Crippen LogP contribution in [0.2, 0.25) is 0 Å². The summed E-state index contributed by atoms with van der Waals surface area (Å²) in [6.45, 7) is 11.9. The maximum atomic E-state index is 12.7. The Balaban J connectivity index is 1.49. The molecule has 1 N–H and O–H groups in total. The summed E-state index contributed by atoms with van der Waals surface area (Å²) in [6, 6.07) is 11.2. The second-order valence-electron chi connectivity index (χ2n) is 10.7. The zero-order chi connectivity index (χ0) is 22.7. The van der Waals surface area contributed by atoms with Gasteiger partial charge >= 0.3 is 0 Å². The predicted octanol–water partition coefficient (Wildman–Crippen LogP) is 5.55. The number of aryl methyl sites for hydroxylation is 2. The fraction of sp³-hybridized carbons (Fsp3) is 0.571. The highest BCUT2D eigenvalue weighted by Crippen LogP contribution is 2.36. The number of amides is 1. The first-order chi connectivity index (χ1) is 15.3. The van der Waals surface area contributed by atoms with Crippen LogP contribution in [0, 0.1) is 19.8 Å². The van der Waals surface area contributed by atoms with E-state index in [9.17, 15) is 4.79 Å². The van der Waals surface area contributed by atoms with Crippen molar-refractivity contribution in [2.24, 2.45) is 5.92 Å². The lowest BCUT2D eigenvalue weighted by Crippen LogP contribution is -2.39. The van der Waals surface area contributed by atoms with Gasteiger partial charge in [-0.1, -0.05) is 45.2 Å². The zero-order valence-corrected chi connectivity index (χ0v) is 20.3. The fourth-order valence-electron chi connectivity index (χ4n) is 5.50. The van der Waals surface area contributed by atoms with E-state index < -0.39 is 0 Å². The number of hydrogen-bond acceptors (Lipinski definition) is 3. The van der Waals surface area contributed by atoms with Crippen molar-refractivity contribution in [1.82, 2.24) is 15.2 Å². The van der Waals surface area contributed by atoms with Crippen LogP contribution in [0.3, 0.4) is 0 Å². The van der Waals surface area contributed by atoms with Gasteiger partial charge in [0.15, 0.2) is 0 Å². The number of nitrogens with one attached hydrogen (secondary N) is 1. The quantitative estimate of drug-likeness (QED) is 0.673. The molecule has 4 nitrogen and oxygen atoms in total. The van der Waals surface area contributed by atoms with Crippen molar-refractivity contribution in [3.63, 3.8) is 0 Å². The minimum Gasteiger partial charge on any atom is -0.355 e. The molecule has 2 aliphatic rings. The van der Waals surface area contributed by atoms with E-state index in [2.05, 4.69) is 73.2 Å². The molecule has 1 fully saturated rings. The number of fused-ring (bicyclic) bond motifs is 1. The number of pyridine rings is 1. The summed E-state index contributed by atoms with van der Waals surface area (Å²) in [4.78, 5) is 19.6. The van der Waals surface area contributed by atoms with E-state index in [0.29, 0.717) is 12.5 Å². The van der Waals surface area contributed by atoms with Gasteiger partial charge in [0.25, 0.3) is 0 Å². The van der Waals surface area contributed by atoms with E-state index in [1.807, 2.05) is 0 Å². The van der Waals surface area contributed by atoms with Gasteiger partial charge in [0.2, 0.25) is 5.91 Å². The van der Waals surface area contributed by atoms with Crippen LogP contribution >= 0.6 is 0 Å². The standard InChI is InChI=1S/C28H39N3O/c1-20-14-24(15-21(2)30-20)23-10-11-26-25(16-23)18-31(13-12-28(26,3)4)19-27(32)29-17-22-8-6-5-7-9-22/h10-11,14-16,22H,5-9,12-13,17-19H2,1-4H3,(H,29,32). The molecule has 1 aromatic heterocycles. The highest BCUT2D eigenvalue weighted by Gasteiger charge is 2.29. The van der Waals surface area contributed by atoms with Gasteiger partial charge in [-0.05, 0) is 91.4 Å². The van der Waals surface area contributed by atoms with Gasteiger partial charge in [0, 0.05) is 24.5 Å². The van der Waals surface area contributed by atoms with Crippen LogP contribution in [0.15, 0.2) is 30.3 Å². The summed E-state index contributed by atoms with van der Waals surface area (Å²) in [5.74, 6) is 0.847. The summed E-state index contributed by atoms with van der Waals surface area (Å²) < 4.78 is 0. The van der Waals surface area contributed by atoms with Gasteiger partial charge < -0.3 is 5.32 Å². The minimum atomic E-state index is 0.102. The molecule has 0 spiro atoms. The van der Waals surface area contributed by atoms with E-state index in [4.69, 9.17) is 0 Å². The molecule has 4 rings (SSSR count). The van der Waals surface area contributed by atoms with Gasteiger partial charge in [-0.2, -0.15) is 0 Å². The molecule has 172 valence electrons. The van der Waals surface area contributed by atoms with E-state index in [0.717, 1.165) is 37.4 Å². The monoisotopic (exact) mass is 433 g/mol. The van der Waals surface area contributed by atoms with Crippen LogP contribution in [-0.2, 0) is 16.8 Å². The fourth-order valence-corrected chi connectivity index (χ4v) is 5.50. The van der Waals surface area contributed by atoms with E-state index in [1.54, 1.807) is 0 Å². The highest BCUT2D eigenvalue weighted by molar-refractivity contribution is 5.78. The first kappa shape index (κ1) is 23.0. The number of nitrogens with zero attached hydrogens (tertiary/aromatic N) is 2. The molecule has 1 aromatic carbocycles. The molecule has 1 aliphatic heterocycles. The van der Waals surface area contributed by atoms with Crippen molar-refractivity contribution in [1.29, 1.82) is 0 Å². The maximum Gasteiger partial charge on any atom is 0.234 e. The molecule has 2 heterocycles. The molecular weight excluding hydrogens is 394 g/mol. The molecule has 0 saturated heterocycles. The van der Waals surface area contributed by atoms with Gasteiger partial charge in [0.05, 0.1) is 6.54 Å². The van der Waals surface area contributed by atoms with Crippen LogP contribution in [-0.4, -0.2) is 35.4 Å². The number of rotatable bonds is 5. The summed E-state index contributed by atoms with van der Waals surface area (Å²) in [5, 5.41) is 3.23. The molecule has 2 aromatic rings. The van der Waals surface area contributed by atoms with Gasteiger partial charge in [-0.3, -0.25) is 14.7 Å². The highest BCUT2D eigenvalue weighted by atomic mass is 16.2. The Morgan fingerprint density at radius 1 is 1.06 bits per heavy atom. The molecular formula is C28H39N3O. The third kappa shape index (κ3) is 5.58. The molecule has 0 radical (unpaired) electrons. The van der Waals surface area contributed by atoms with Gasteiger partial charge in [-0.25, -0.2) is 0 Å². The van der Waals surface area contributed by atoms with Crippen molar-refractivity contribution in [3.8, 4) is 11.1 Å². The van der Waals surface area contributed by atoms with Gasteiger partial charge in [-0.15, -0.1) is 0 Å². The van der Waals surface area contributed by atoms with Crippen molar-refractivity contribution in [2.45, 2.75) is 78.2 Å². The van der Waals surface area contributed by atoms with Crippen LogP contribution < -0.4 is 5.32 Å². The lowest BCUT2D eigenvalue weighted by Gasteiger charge is -2.25. The summed E-state index contributed by atoms with van der Waals surface area (Å²) in [5.41, 5.74) is 7.41. The first-order valence-electron chi connectivity index (χ1n) is 12.4. The smallest absolute Gasteiger partial charge is 0.234 e. The average Bonchev–Trinajstić information content (AvgIpc) is 2.88. The number of aromatic nitrogens is 1. The molecule has 0 unspecified atom stereocenters. The second-order valence-corrected chi connectivity index (χ2v) is 10.7. The number of benzene rings is 1. The lowest BCUT2D eigenvalue weighted by molar-refractivity contribution is -0.122. The number of carbonyl (C=O) groups is 1. The Bertz CT molecular complexity index is 939. The Labute approximate surface area is 193 Å². The summed E-state index contributed by atoms with van der Waals surface area (Å²) in [7, 11) is 0. The first-order valence-corrected chi connectivity index (χ1v) is 12.4. The van der Waals surface area contributed by atoms with Crippen molar-refractivity contribution in [2.75, 3.05) is 19.6 Å². The van der Waals surface area contributed by atoms with Crippen LogP contribution in [0.25, 0.3) is 11.1 Å². The number of hydrogen-bond donors (Lipinski definition) is 1. The Morgan fingerprint density at radius 3 is 2.50 bits per heavy atom. The van der Waals surface area contributed by atoms with Crippen LogP contribution in [0.4, 0.5) is 0 Å². The zero-order valence-electron chi connectivity index (χ0n) is 20.3. The average molecular weight is 434 g/mol. The Hall–Kier alpha value is -2.20. The normalized spacial score (nSPS) is 19.2. The molecule has 4 heteroatoms. The largest absolute Gasteiger partial charge is 0.355 e. The summed E-state index contributed by atoms with van der Waals surface area (Å²) >= 11 is 0. The van der Waals surface area contributed by atoms with Crippen LogP contribution in [0.5, 0.6) is 0 Å². The van der Waals surface area contributed by atoms with Crippen molar-refractivity contribution >= 4 is 5.91 Å². The van der Waals surface area contributed by atoms with Gasteiger partial charge in [0.1, 0.15) is 0 Å². The van der Waals surface area contributed by atoms with E-state index in [1.165, 1.54) is 54.4 Å². The molecule has 1 amide bonds. The topological polar surface area (TPSA) is 45.2 Å². The van der Waals surface area contributed by atoms with E-state index in [-0.39, 0.29) is 11.3 Å². The second kappa shape index (κ2) is 9.74. The van der Waals surface area contributed by atoms with Crippen molar-refractivity contribution in [3.05, 3.63) is 52.8 Å². The number of carbonyl (C=O) groups excluding carboxylic acids is 1. The SMILES string of the molecule is Cc1cc(-c2ccc3c(c2)CN(CC(=O)NCC2CCCCC2)CCC3(C)C)cc(C)n1. The summed E-state index contributed by atoms with van der Waals surface area (Å²) in [6.07, 6.45) is 7.58. The minimum absolute atomic E-state index is 0.102. The van der Waals surface area contributed by atoms with Crippen LogP contribution in [0.1, 0.15) is 74.9 Å². The third-order valence-electron chi connectivity index (χ3n) is 7.38. The Kier molecular flexibility index (Phi) is 6.99. The van der Waals surface area contributed by atoms with E-state index >= 15 is 0 Å². The molecule has 0 bridgehead atoms. The lowest BCUT2D eigenvalue weighted by atomic mass is 9.79. The third-order valence-corrected chi connectivity index (χ3v) is 7.38. The molecule has 0 atom stereocenters. The maximum absolute atomic E-state index is 12.7. The van der Waals surface area contributed by atoms with Crippen molar-refractivity contribution < 1.29 is 4.79 Å². The molecule has 1 aliphatic carbocycles. The predicted molar refractivity (Wildman–Crippen MR) is 132 cm³/mol. The molecule has 32 heavy (non-hydrogen) atoms.